The fraction of sp³-hybridized carbons (Fsp3) is 0.333. The lowest BCUT2D eigenvalue weighted by atomic mass is 9.99. The molecule has 0 atom stereocenters. The highest BCUT2D eigenvalue weighted by atomic mass is 16.2. The van der Waals surface area contributed by atoms with Gasteiger partial charge in [0, 0.05) is 25.0 Å². The van der Waals surface area contributed by atoms with Crippen molar-refractivity contribution in [1.29, 1.82) is 0 Å². The molecule has 0 spiro atoms. The summed E-state index contributed by atoms with van der Waals surface area (Å²) in [7, 11) is 1.80. The van der Waals surface area contributed by atoms with E-state index in [1.165, 1.54) is 5.56 Å². The third-order valence-electron chi connectivity index (χ3n) is 3.18. The maximum Gasteiger partial charge on any atom is 0.254 e. The fourth-order valence-electron chi connectivity index (χ4n) is 2.39. The average molecular weight is 257 g/mol. The quantitative estimate of drug-likeness (QED) is 0.918. The van der Waals surface area contributed by atoms with Crippen LogP contribution in [-0.2, 0) is 6.54 Å². The highest BCUT2D eigenvalue weighted by Gasteiger charge is 2.17. The van der Waals surface area contributed by atoms with Crippen LogP contribution >= 0.6 is 0 Å². The van der Waals surface area contributed by atoms with Crippen LogP contribution in [0.4, 0.5) is 0 Å². The molecule has 0 aliphatic rings. The summed E-state index contributed by atoms with van der Waals surface area (Å²) in [5.41, 5.74) is 4.02. The molecular weight excluding hydrogens is 238 g/mol. The molecule has 19 heavy (non-hydrogen) atoms. The molecule has 4 heteroatoms. The normalized spacial score (nSPS) is 10.5. The molecule has 2 rings (SSSR count). The number of benzene rings is 1. The first-order chi connectivity index (χ1) is 8.99. The number of aromatic amines is 1. The van der Waals surface area contributed by atoms with Crippen LogP contribution in [0.2, 0.25) is 0 Å². The summed E-state index contributed by atoms with van der Waals surface area (Å²) in [6.45, 7) is 6.49. The molecule has 1 aromatic carbocycles. The van der Waals surface area contributed by atoms with E-state index in [9.17, 15) is 4.79 Å². The van der Waals surface area contributed by atoms with Crippen molar-refractivity contribution in [1.82, 2.24) is 14.9 Å². The summed E-state index contributed by atoms with van der Waals surface area (Å²) in [5.74, 6) is 0.824. The molecule has 0 aliphatic carbocycles. The van der Waals surface area contributed by atoms with Crippen molar-refractivity contribution in [3.05, 3.63) is 52.6 Å². The lowest BCUT2D eigenvalue weighted by Gasteiger charge is -2.19. The highest BCUT2D eigenvalue weighted by Crippen LogP contribution is 2.18. The molecule has 0 unspecified atom stereocenters. The number of imidazole rings is 1. The first kappa shape index (κ1) is 13.3. The Balaban J connectivity index is 2.24. The Kier molecular flexibility index (Phi) is 3.69. The summed E-state index contributed by atoms with van der Waals surface area (Å²) in [6, 6.07) is 4.09. The summed E-state index contributed by atoms with van der Waals surface area (Å²) in [4.78, 5) is 21.3. The number of aromatic nitrogens is 2. The van der Waals surface area contributed by atoms with E-state index >= 15 is 0 Å². The van der Waals surface area contributed by atoms with Crippen molar-refractivity contribution in [2.45, 2.75) is 27.3 Å². The van der Waals surface area contributed by atoms with Gasteiger partial charge in [0.05, 0.1) is 6.54 Å². The van der Waals surface area contributed by atoms with Gasteiger partial charge in [-0.1, -0.05) is 17.7 Å². The van der Waals surface area contributed by atoms with Crippen molar-refractivity contribution in [2.24, 2.45) is 0 Å². The van der Waals surface area contributed by atoms with Gasteiger partial charge in [-0.2, -0.15) is 0 Å². The number of carbonyl (C=O) groups excluding carboxylic acids is 1. The number of hydrogen-bond donors (Lipinski definition) is 1. The van der Waals surface area contributed by atoms with E-state index < -0.39 is 0 Å². The van der Waals surface area contributed by atoms with Crippen LogP contribution in [0, 0.1) is 20.8 Å². The van der Waals surface area contributed by atoms with Crippen LogP contribution in [0.3, 0.4) is 0 Å². The fourth-order valence-corrected chi connectivity index (χ4v) is 2.39. The monoisotopic (exact) mass is 257 g/mol. The van der Waals surface area contributed by atoms with Crippen molar-refractivity contribution in [3.63, 3.8) is 0 Å². The average Bonchev–Trinajstić information content (AvgIpc) is 2.80. The van der Waals surface area contributed by atoms with Crippen LogP contribution in [0.1, 0.15) is 32.9 Å². The van der Waals surface area contributed by atoms with Gasteiger partial charge >= 0.3 is 0 Å². The Morgan fingerprint density at radius 2 is 1.89 bits per heavy atom. The third-order valence-corrected chi connectivity index (χ3v) is 3.18. The molecule has 0 bridgehead atoms. The van der Waals surface area contributed by atoms with Crippen LogP contribution < -0.4 is 0 Å². The number of nitrogens with zero attached hydrogens (tertiary/aromatic N) is 2. The second-order valence-corrected chi connectivity index (χ2v) is 4.97. The Morgan fingerprint density at radius 1 is 1.26 bits per heavy atom. The zero-order valence-corrected chi connectivity index (χ0v) is 11.8. The zero-order valence-electron chi connectivity index (χ0n) is 11.8. The van der Waals surface area contributed by atoms with E-state index in [0.29, 0.717) is 6.54 Å². The minimum Gasteiger partial charge on any atom is -0.347 e. The van der Waals surface area contributed by atoms with Gasteiger partial charge in [-0.05, 0) is 31.9 Å². The van der Waals surface area contributed by atoms with Crippen LogP contribution in [-0.4, -0.2) is 27.8 Å². The second-order valence-electron chi connectivity index (χ2n) is 4.97. The van der Waals surface area contributed by atoms with Gasteiger partial charge in [-0.15, -0.1) is 0 Å². The number of hydrogen-bond acceptors (Lipinski definition) is 2. The maximum absolute atomic E-state index is 12.5. The van der Waals surface area contributed by atoms with Gasteiger partial charge in [0.15, 0.2) is 0 Å². The second kappa shape index (κ2) is 5.26. The largest absolute Gasteiger partial charge is 0.347 e. The number of nitrogens with one attached hydrogen (secondary N) is 1. The SMILES string of the molecule is Cc1cc(C)c(C(=O)N(C)Cc2ncc[nH]2)c(C)c1. The predicted molar refractivity (Wildman–Crippen MR) is 75.0 cm³/mol. The van der Waals surface area contributed by atoms with Crippen LogP contribution in [0.15, 0.2) is 24.5 Å². The Labute approximate surface area is 113 Å². The number of H-pyrrole nitrogens is 1. The van der Waals surface area contributed by atoms with Gasteiger partial charge in [0.2, 0.25) is 0 Å². The minimum absolute atomic E-state index is 0.0337. The van der Waals surface area contributed by atoms with Crippen LogP contribution in [0.25, 0.3) is 0 Å². The van der Waals surface area contributed by atoms with Crippen LogP contribution in [0.5, 0.6) is 0 Å². The standard InChI is InChI=1S/C15H19N3O/c1-10-7-11(2)14(12(3)8-10)15(19)18(4)9-13-16-5-6-17-13/h5-8H,9H2,1-4H3,(H,16,17). The molecule has 0 radical (unpaired) electrons. The van der Waals surface area contributed by atoms with Gasteiger partial charge < -0.3 is 9.88 Å². The summed E-state index contributed by atoms with van der Waals surface area (Å²) in [6.07, 6.45) is 3.45. The molecule has 100 valence electrons. The van der Waals surface area contributed by atoms with Crippen molar-refractivity contribution < 1.29 is 4.79 Å². The van der Waals surface area contributed by atoms with E-state index in [1.54, 1.807) is 24.3 Å². The highest BCUT2D eigenvalue weighted by molar-refractivity contribution is 5.97. The Bertz CT molecular complexity index is 564. The Hall–Kier alpha value is -2.10. The van der Waals surface area contributed by atoms with Gasteiger partial charge in [-0.3, -0.25) is 4.79 Å². The molecule has 1 aromatic heterocycles. The van der Waals surface area contributed by atoms with Crippen molar-refractivity contribution in [3.8, 4) is 0 Å². The van der Waals surface area contributed by atoms with E-state index in [0.717, 1.165) is 22.5 Å². The molecule has 2 aromatic rings. The topological polar surface area (TPSA) is 49.0 Å². The molecule has 0 saturated carbocycles. The molecular formula is C15H19N3O. The first-order valence-corrected chi connectivity index (χ1v) is 6.30. The predicted octanol–water partition coefficient (Wildman–Crippen LogP) is 2.61. The number of amides is 1. The van der Waals surface area contributed by atoms with Gasteiger partial charge in [0.1, 0.15) is 5.82 Å². The van der Waals surface area contributed by atoms with E-state index in [-0.39, 0.29) is 5.91 Å². The number of carbonyl (C=O) groups is 1. The zero-order chi connectivity index (χ0) is 14.0. The lowest BCUT2D eigenvalue weighted by Crippen LogP contribution is -2.28. The molecule has 1 N–H and O–H groups in total. The molecule has 0 fully saturated rings. The van der Waals surface area contributed by atoms with E-state index in [1.807, 2.05) is 32.9 Å². The van der Waals surface area contributed by atoms with E-state index in [2.05, 4.69) is 9.97 Å². The number of aryl methyl sites for hydroxylation is 3. The minimum atomic E-state index is 0.0337. The number of rotatable bonds is 3. The lowest BCUT2D eigenvalue weighted by molar-refractivity contribution is 0.0780. The first-order valence-electron chi connectivity index (χ1n) is 6.30. The summed E-state index contributed by atoms with van der Waals surface area (Å²) < 4.78 is 0. The molecule has 0 aliphatic heterocycles. The molecule has 0 saturated heterocycles. The van der Waals surface area contributed by atoms with Crippen molar-refractivity contribution in [2.75, 3.05) is 7.05 Å². The maximum atomic E-state index is 12.5. The third kappa shape index (κ3) is 2.84. The smallest absolute Gasteiger partial charge is 0.254 e. The Morgan fingerprint density at radius 3 is 2.42 bits per heavy atom. The van der Waals surface area contributed by atoms with Crippen molar-refractivity contribution >= 4 is 5.91 Å². The summed E-state index contributed by atoms with van der Waals surface area (Å²) in [5, 5.41) is 0. The van der Waals surface area contributed by atoms with Gasteiger partial charge in [0.25, 0.3) is 5.91 Å². The van der Waals surface area contributed by atoms with Gasteiger partial charge in [-0.25, -0.2) is 4.98 Å². The molecule has 1 heterocycles. The molecule has 1 amide bonds. The van der Waals surface area contributed by atoms with E-state index in [4.69, 9.17) is 0 Å². The summed E-state index contributed by atoms with van der Waals surface area (Å²) >= 11 is 0. The molecule has 4 nitrogen and oxygen atoms in total.